The molecule has 5 heteroatoms. The molecule has 1 aromatic carbocycles. The highest BCUT2D eigenvalue weighted by molar-refractivity contribution is 5.83. The van der Waals surface area contributed by atoms with E-state index in [4.69, 9.17) is 10.00 Å². The smallest absolute Gasteiger partial charge is 0.141 e. The van der Waals surface area contributed by atoms with Gasteiger partial charge in [-0.15, -0.1) is 0 Å². The fraction of sp³-hybridized carbons (Fsp3) is 0.350. The minimum absolute atomic E-state index is 0.0507. The van der Waals surface area contributed by atoms with Crippen molar-refractivity contribution in [3.63, 3.8) is 0 Å². The Balaban J connectivity index is 1.47. The summed E-state index contributed by atoms with van der Waals surface area (Å²) in [6, 6.07) is 10.2. The molecule has 0 saturated heterocycles. The molecule has 5 rings (SSSR count). The molecule has 0 radical (unpaired) electrons. The van der Waals surface area contributed by atoms with Gasteiger partial charge in [0.25, 0.3) is 0 Å². The predicted molar refractivity (Wildman–Crippen MR) is 93.3 cm³/mol. The monoisotopic (exact) mass is 330 g/mol. The van der Waals surface area contributed by atoms with Crippen LogP contribution in [0.15, 0.2) is 30.5 Å². The minimum Gasteiger partial charge on any atom is -0.484 e. The Morgan fingerprint density at radius 1 is 1.20 bits per heavy atom. The lowest BCUT2D eigenvalue weighted by Gasteiger charge is -2.25. The van der Waals surface area contributed by atoms with Crippen molar-refractivity contribution in [1.82, 2.24) is 15.2 Å². The van der Waals surface area contributed by atoms with Crippen LogP contribution in [0.3, 0.4) is 0 Å². The second kappa shape index (κ2) is 5.59. The van der Waals surface area contributed by atoms with Crippen molar-refractivity contribution >= 4 is 10.9 Å². The van der Waals surface area contributed by atoms with Crippen molar-refractivity contribution < 1.29 is 4.74 Å². The van der Waals surface area contributed by atoms with Crippen molar-refractivity contribution in [3.8, 4) is 11.8 Å². The van der Waals surface area contributed by atoms with Gasteiger partial charge in [-0.05, 0) is 61.9 Å². The summed E-state index contributed by atoms with van der Waals surface area (Å²) in [5.41, 5.74) is 4.96. The first kappa shape index (κ1) is 14.5. The molecule has 3 aromatic rings. The minimum atomic E-state index is -0.0507. The van der Waals surface area contributed by atoms with Crippen LogP contribution in [-0.2, 0) is 6.42 Å². The number of rotatable bonds is 3. The molecule has 0 amide bonds. The SMILES string of the molecule is N#Cc1cnc2c(c1)CCCC2Oc1ccc2n[nH]c(C3CC3)c2c1. The largest absolute Gasteiger partial charge is 0.484 e. The summed E-state index contributed by atoms with van der Waals surface area (Å²) in [5, 5.41) is 17.8. The molecule has 25 heavy (non-hydrogen) atoms. The third-order valence-corrected chi connectivity index (χ3v) is 5.17. The number of aromatic amines is 1. The Kier molecular flexibility index (Phi) is 3.24. The van der Waals surface area contributed by atoms with Crippen LogP contribution in [0.2, 0.25) is 0 Å². The Hall–Kier alpha value is -2.87. The van der Waals surface area contributed by atoms with Crippen LogP contribution >= 0.6 is 0 Å². The van der Waals surface area contributed by atoms with Crippen LogP contribution in [0.25, 0.3) is 10.9 Å². The van der Waals surface area contributed by atoms with E-state index in [0.717, 1.165) is 41.8 Å². The van der Waals surface area contributed by atoms with Gasteiger partial charge in [0.2, 0.25) is 0 Å². The van der Waals surface area contributed by atoms with Crippen LogP contribution < -0.4 is 4.74 Å². The van der Waals surface area contributed by atoms with Crippen LogP contribution in [0.4, 0.5) is 0 Å². The average molecular weight is 330 g/mol. The van der Waals surface area contributed by atoms with Gasteiger partial charge in [-0.2, -0.15) is 10.4 Å². The molecule has 1 fully saturated rings. The third-order valence-electron chi connectivity index (χ3n) is 5.17. The standard InChI is InChI=1S/C20H18N4O/c21-10-12-8-14-2-1-3-18(20(14)22-11-12)25-15-6-7-17-16(9-15)19(24-23-17)13-4-5-13/h6-9,11,13,18H,1-5H2,(H,23,24). The molecular formula is C20H18N4O. The molecule has 0 spiro atoms. The Labute approximate surface area is 145 Å². The van der Waals surface area contributed by atoms with E-state index in [9.17, 15) is 0 Å². The van der Waals surface area contributed by atoms with Crippen molar-refractivity contribution in [2.24, 2.45) is 0 Å². The number of hydrogen-bond donors (Lipinski definition) is 1. The maximum absolute atomic E-state index is 9.07. The highest BCUT2D eigenvalue weighted by Crippen LogP contribution is 2.43. The van der Waals surface area contributed by atoms with Gasteiger partial charge in [-0.25, -0.2) is 0 Å². The quantitative estimate of drug-likeness (QED) is 0.782. The number of benzene rings is 1. The van der Waals surface area contributed by atoms with Crippen molar-refractivity contribution in [1.29, 1.82) is 5.26 Å². The van der Waals surface area contributed by atoms with Crippen LogP contribution in [-0.4, -0.2) is 15.2 Å². The second-order valence-corrected chi connectivity index (χ2v) is 6.97. The van der Waals surface area contributed by atoms with Gasteiger partial charge in [-0.1, -0.05) is 0 Å². The summed E-state index contributed by atoms with van der Waals surface area (Å²) in [6.07, 6.45) is 7.04. The number of aryl methyl sites for hydroxylation is 1. The van der Waals surface area contributed by atoms with E-state index in [2.05, 4.69) is 27.3 Å². The highest BCUT2D eigenvalue weighted by atomic mass is 16.5. The number of nitrogens with zero attached hydrogens (tertiary/aromatic N) is 3. The zero-order chi connectivity index (χ0) is 16.8. The molecule has 1 unspecified atom stereocenters. The first-order valence-electron chi connectivity index (χ1n) is 8.85. The number of H-pyrrole nitrogens is 1. The van der Waals surface area contributed by atoms with E-state index in [1.54, 1.807) is 6.20 Å². The fourth-order valence-electron chi connectivity index (χ4n) is 3.73. The number of aromatic nitrogens is 3. The fourth-order valence-corrected chi connectivity index (χ4v) is 3.73. The summed E-state index contributed by atoms with van der Waals surface area (Å²) in [7, 11) is 0. The van der Waals surface area contributed by atoms with Crippen molar-refractivity contribution in [2.45, 2.75) is 44.1 Å². The summed E-state index contributed by atoms with van der Waals surface area (Å²) < 4.78 is 6.30. The Morgan fingerprint density at radius 3 is 2.96 bits per heavy atom. The van der Waals surface area contributed by atoms with E-state index >= 15 is 0 Å². The molecule has 2 aliphatic carbocycles. The lowest BCUT2D eigenvalue weighted by atomic mass is 9.93. The first-order valence-corrected chi connectivity index (χ1v) is 8.85. The summed E-state index contributed by atoms with van der Waals surface area (Å²) in [6.45, 7) is 0. The number of nitrogens with one attached hydrogen (secondary N) is 1. The zero-order valence-corrected chi connectivity index (χ0v) is 13.8. The lowest BCUT2D eigenvalue weighted by molar-refractivity contribution is 0.178. The topological polar surface area (TPSA) is 74.6 Å². The summed E-state index contributed by atoms with van der Waals surface area (Å²) >= 11 is 0. The van der Waals surface area contributed by atoms with Crippen molar-refractivity contribution in [3.05, 3.63) is 53.0 Å². The average Bonchev–Trinajstić information content (AvgIpc) is 3.41. The van der Waals surface area contributed by atoms with Gasteiger partial charge in [0.1, 0.15) is 17.9 Å². The normalized spacial score (nSPS) is 19.4. The number of ether oxygens (including phenoxy) is 1. The highest BCUT2D eigenvalue weighted by Gasteiger charge is 2.28. The molecule has 1 N–H and O–H groups in total. The number of fused-ring (bicyclic) bond motifs is 2. The zero-order valence-electron chi connectivity index (χ0n) is 13.8. The predicted octanol–water partition coefficient (Wildman–Crippen LogP) is 4.16. The summed E-state index contributed by atoms with van der Waals surface area (Å²) in [5.74, 6) is 1.49. The van der Waals surface area contributed by atoms with E-state index in [0.29, 0.717) is 11.5 Å². The maximum atomic E-state index is 9.07. The van der Waals surface area contributed by atoms with Crippen LogP contribution in [0.5, 0.6) is 5.75 Å². The molecule has 2 heterocycles. The van der Waals surface area contributed by atoms with E-state index in [-0.39, 0.29) is 6.10 Å². The van der Waals surface area contributed by atoms with Crippen LogP contribution in [0.1, 0.15) is 60.2 Å². The molecular weight excluding hydrogens is 312 g/mol. The molecule has 0 bridgehead atoms. The van der Waals surface area contributed by atoms with Gasteiger partial charge in [-0.3, -0.25) is 10.1 Å². The van der Waals surface area contributed by atoms with Gasteiger partial charge >= 0.3 is 0 Å². The van der Waals surface area contributed by atoms with E-state index < -0.39 is 0 Å². The van der Waals surface area contributed by atoms with E-state index in [1.807, 2.05) is 18.2 Å². The molecule has 2 aliphatic rings. The van der Waals surface area contributed by atoms with Gasteiger partial charge in [0, 0.05) is 23.2 Å². The Morgan fingerprint density at radius 2 is 2.12 bits per heavy atom. The molecule has 1 atom stereocenters. The molecule has 1 saturated carbocycles. The van der Waals surface area contributed by atoms with Crippen LogP contribution in [0, 0.1) is 11.3 Å². The maximum Gasteiger partial charge on any atom is 0.141 e. The summed E-state index contributed by atoms with van der Waals surface area (Å²) in [4.78, 5) is 4.51. The second-order valence-electron chi connectivity index (χ2n) is 6.97. The van der Waals surface area contributed by atoms with Gasteiger partial charge < -0.3 is 4.74 Å². The lowest BCUT2D eigenvalue weighted by Crippen LogP contribution is -2.17. The molecule has 5 nitrogen and oxygen atoms in total. The van der Waals surface area contributed by atoms with E-state index in [1.165, 1.54) is 23.9 Å². The molecule has 2 aromatic heterocycles. The number of pyridine rings is 1. The van der Waals surface area contributed by atoms with Crippen molar-refractivity contribution in [2.75, 3.05) is 0 Å². The number of hydrogen-bond acceptors (Lipinski definition) is 4. The van der Waals surface area contributed by atoms with Gasteiger partial charge in [0.15, 0.2) is 0 Å². The van der Waals surface area contributed by atoms with Gasteiger partial charge in [0.05, 0.1) is 16.8 Å². The Bertz CT molecular complexity index is 997. The number of nitriles is 1. The first-order chi connectivity index (χ1) is 12.3. The third kappa shape index (κ3) is 2.54. The molecule has 124 valence electrons. The molecule has 0 aliphatic heterocycles.